The molecule has 3 aromatic rings. The van der Waals surface area contributed by atoms with Crippen molar-refractivity contribution in [1.82, 2.24) is 4.98 Å². The van der Waals surface area contributed by atoms with Crippen LogP contribution in [0.5, 0.6) is 17.4 Å². The third-order valence-electron chi connectivity index (χ3n) is 5.63. The minimum absolute atomic E-state index is 0.00387. The molecule has 0 bridgehead atoms. The quantitative estimate of drug-likeness (QED) is 0.568. The van der Waals surface area contributed by atoms with E-state index in [0.29, 0.717) is 29.7 Å². The standard InChI is InChI=1S/C26H27N3O3/c1-18(2)23-5-3-4-6-25(23)31-21-8-9-24(20(13-21)17-30)29-12-11-22(16-29)32-26-10-7-19(14-27)15-28-26/h3-10,13,15,18,22,30H,11-12,16-17H2,1-2H3/t22-/m0/s1. The van der Waals surface area contributed by atoms with Gasteiger partial charge in [-0.25, -0.2) is 4.98 Å². The maximum absolute atomic E-state index is 10.0. The first-order valence-corrected chi connectivity index (χ1v) is 10.9. The molecule has 1 aliphatic heterocycles. The summed E-state index contributed by atoms with van der Waals surface area (Å²) in [5.41, 5.74) is 3.46. The smallest absolute Gasteiger partial charge is 0.213 e. The minimum atomic E-state index is -0.0719. The van der Waals surface area contributed by atoms with Crippen LogP contribution in [0.15, 0.2) is 60.8 Å². The number of nitrogens with zero attached hydrogens (tertiary/aromatic N) is 3. The third kappa shape index (κ3) is 4.84. The summed E-state index contributed by atoms with van der Waals surface area (Å²) in [5.74, 6) is 2.42. The average Bonchev–Trinajstić information content (AvgIpc) is 3.28. The zero-order valence-corrected chi connectivity index (χ0v) is 18.4. The topological polar surface area (TPSA) is 78.6 Å². The average molecular weight is 430 g/mol. The molecular formula is C26H27N3O3. The number of ether oxygens (including phenoxy) is 2. The highest BCUT2D eigenvalue weighted by Gasteiger charge is 2.26. The Morgan fingerprint density at radius 1 is 1.19 bits per heavy atom. The van der Waals surface area contributed by atoms with Gasteiger partial charge in [-0.15, -0.1) is 0 Å². The van der Waals surface area contributed by atoms with Crippen LogP contribution < -0.4 is 14.4 Å². The van der Waals surface area contributed by atoms with Gasteiger partial charge < -0.3 is 19.5 Å². The van der Waals surface area contributed by atoms with Crippen LogP contribution in [0.4, 0.5) is 5.69 Å². The highest BCUT2D eigenvalue weighted by molar-refractivity contribution is 5.57. The van der Waals surface area contributed by atoms with Crippen molar-refractivity contribution < 1.29 is 14.6 Å². The zero-order chi connectivity index (χ0) is 22.5. The fourth-order valence-corrected chi connectivity index (χ4v) is 3.97. The monoisotopic (exact) mass is 429 g/mol. The number of pyridine rings is 1. The van der Waals surface area contributed by atoms with Gasteiger partial charge in [0.25, 0.3) is 0 Å². The summed E-state index contributed by atoms with van der Waals surface area (Å²) >= 11 is 0. The Morgan fingerprint density at radius 2 is 2.03 bits per heavy atom. The lowest BCUT2D eigenvalue weighted by Crippen LogP contribution is -2.25. The van der Waals surface area contributed by atoms with Crippen LogP contribution >= 0.6 is 0 Å². The maximum atomic E-state index is 10.0. The predicted octanol–water partition coefficient (Wildman–Crippen LogP) is 5.02. The van der Waals surface area contributed by atoms with E-state index in [1.54, 1.807) is 12.1 Å². The molecular weight excluding hydrogens is 402 g/mol. The number of benzene rings is 2. The largest absolute Gasteiger partial charge is 0.472 e. The van der Waals surface area contributed by atoms with Crippen LogP contribution in [-0.2, 0) is 6.61 Å². The van der Waals surface area contributed by atoms with Crippen molar-refractivity contribution in [3.8, 4) is 23.4 Å². The van der Waals surface area contributed by atoms with Gasteiger partial charge in [0.15, 0.2) is 0 Å². The summed E-state index contributed by atoms with van der Waals surface area (Å²) < 4.78 is 12.2. The van der Waals surface area contributed by atoms with Gasteiger partial charge in [0, 0.05) is 36.5 Å². The first-order chi connectivity index (χ1) is 15.6. The van der Waals surface area contributed by atoms with E-state index < -0.39 is 0 Å². The second kappa shape index (κ2) is 9.71. The fourth-order valence-electron chi connectivity index (χ4n) is 3.97. The van der Waals surface area contributed by atoms with Gasteiger partial charge in [-0.3, -0.25) is 0 Å². The lowest BCUT2D eigenvalue weighted by molar-refractivity contribution is 0.216. The molecule has 1 atom stereocenters. The summed E-state index contributed by atoms with van der Waals surface area (Å²) in [6, 6.07) is 19.4. The molecule has 1 fully saturated rings. The van der Waals surface area contributed by atoms with Crippen molar-refractivity contribution in [2.75, 3.05) is 18.0 Å². The van der Waals surface area contributed by atoms with Crippen molar-refractivity contribution in [2.45, 2.75) is 38.9 Å². The van der Waals surface area contributed by atoms with Gasteiger partial charge in [0.2, 0.25) is 5.88 Å². The SMILES string of the molecule is CC(C)c1ccccc1Oc1ccc(N2CC[C@H](Oc3ccc(C#N)cn3)C2)c(CO)c1. The van der Waals surface area contributed by atoms with E-state index in [4.69, 9.17) is 14.7 Å². The number of hydrogen-bond donors (Lipinski definition) is 1. The summed E-state index contributed by atoms with van der Waals surface area (Å²) in [6.07, 6.45) is 2.37. The van der Waals surface area contributed by atoms with Gasteiger partial charge in [-0.2, -0.15) is 5.26 Å². The Morgan fingerprint density at radius 3 is 2.75 bits per heavy atom. The molecule has 6 heteroatoms. The highest BCUT2D eigenvalue weighted by Crippen LogP contribution is 2.34. The number of aliphatic hydroxyl groups excluding tert-OH is 1. The van der Waals surface area contributed by atoms with E-state index in [1.165, 1.54) is 6.20 Å². The number of anilines is 1. The molecule has 0 radical (unpaired) electrons. The summed E-state index contributed by atoms with van der Waals surface area (Å²) in [5, 5.41) is 18.9. The van der Waals surface area contributed by atoms with E-state index in [1.807, 2.05) is 36.4 Å². The third-order valence-corrected chi connectivity index (χ3v) is 5.63. The van der Waals surface area contributed by atoms with Gasteiger partial charge >= 0.3 is 0 Å². The Kier molecular flexibility index (Phi) is 6.58. The Bertz CT molecular complexity index is 1110. The zero-order valence-electron chi connectivity index (χ0n) is 18.4. The van der Waals surface area contributed by atoms with Crippen LogP contribution in [-0.4, -0.2) is 29.3 Å². The molecule has 32 heavy (non-hydrogen) atoms. The minimum Gasteiger partial charge on any atom is -0.472 e. The van der Waals surface area contributed by atoms with Crippen LogP contribution in [0.2, 0.25) is 0 Å². The molecule has 2 heterocycles. The molecule has 0 unspecified atom stereocenters. The van der Waals surface area contributed by atoms with Gasteiger partial charge in [-0.05, 0) is 41.8 Å². The van der Waals surface area contributed by atoms with Crippen LogP contribution in [0.3, 0.4) is 0 Å². The van der Waals surface area contributed by atoms with Crippen LogP contribution in [0.25, 0.3) is 0 Å². The van der Waals surface area contributed by atoms with Crippen LogP contribution in [0.1, 0.15) is 42.9 Å². The molecule has 0 amide bonds. The summed E-state index contributed by atoms with van der Waals surface area (Å²) in [6.45, 7) is 5.74. The molecule has 0 spiro atoms. The molecule has 1 aromatic heterocycles. The number of hydrogen-bond acceptors (Lipinski definition) is 6. The normalized spacial score (nSPS) is 15.6. The molecule has 164 valence electrons. The fraction of sp³-hybridized carbons (Fsp3) is 0.308. The molecule has 4 rings (SSSR count). The van der Waals surface area contributed by atoms with E-state index in [9.17, 15) is 5.11 Å². The summed E-state index contributed by atoms with van der Waals surface area (Å²) in [7, 11) is 0. The number of aromatic nitrogens is 1. The number of para-hydroxylation sites is 1. The molecule has 1 saturated heterocycles. The second-order valence-corrected chi connectivity index (χ2v) is 8.21. The van der Waals surface area contributed by atoms with E-state index in [2.05, 4.69) is 35.9 Å². The number of nitriles is 1. The number of aliphatic hydroxyl groups is 1. The van der Waals surface area contributed by atoms with Crippen molar-refractivity contribution in [3.63, 3.8) is 0 Å². The number of rotatable bonds is 7. The molecule has 2 aromatic carbocycles. The van der Waals surface area contributed by atoms with Gasteiger partial charge in [0.05, 0.1) is 18.7 Å². The van der Waals surface area contributed by atoms with Crippen molar-refractivity contribution in [2.24, 2.45) is 0 Å². The highest BCUT2D eigenvalue weighted by atomic mass is 16.5. The summed E-state index contributed by atoms with van der Waals surface area (Å²) in [4.78, 5) is 6.41. The lowest BCUT2D eigenvalue weighted by Gasteiger charge is -2.22. The van der Waals surface area contributed by atoms with Crippen molar-refractivity contribution >= 4 is 5.69 Å². The Labute approximate surface area is 188 Å². The lowest BCUT2D eigenvalue weighted by atomic mass is 10.0. The van der Waals surface area contributed by atoms with E-state index in [0.717, 1.165) is 35.5 Å². The van der Waals surface area contributed by atoms with Gasteiger partial charge in [0.1, 0.15) is 23.7 Å². The Balaban J connectivity index is 1.46. The van der Waals surface area contributed by atoms with E-state index in [-0.39, 0.29) is 12.7 Å². The van der Waals surface area contributed by atoms with Crippen LogP contribution in [0, 0.1) is 11.3 Å². The first kappa shape index (κ1) is 21.7. The predicted molar refractivity (Wildman–Crippen MR) is 123 cm³/mol. The van der Waals surface area contributed by atoms with E-state index >= 15 is 0 Å². The first-order valence-electron chi connectivity index (χ1n) is 10.9. The van der Waals surface area contributed by atoms with Gasteiger partial charge in [-0.1, -0.05) is 32.0 Å². The van der Waals surface area contributed by atoms with Crippen molar-refractivity contribution in [1.29, 1.82) is 5.26 Å². The maximum Gasteiger partial charge on any atom is 0.213 e. The molecule has 1 aliphatic rings. The molecule has 6 nitrogen and oxygen atoms in total. The molecule has 0 aliphatic carbocycles. The Hall–Kier alpha value is -3.56. The van der Waals surface area contributed by atoms with Crippen molar-refractivity contribution in [3.05, 3.63) is 77.5 Å². The molecule has 0 saturated carbocycles. The second-order valence-electron chi connectivity index (χ2n) is 8.21. The molecule has 1 N–H and O–H groups in total.